The Morgan fingerprint density at radius 2 is 0.558 bits per heavy atom. The monoisotopic (exact) mass is 714 g/mol. The van der Waals surface area contributed by atoms with Crippen molar-refractivity contribution < 1.29 is 37.9 Å². The SMILES string of the molecule is COc1ccc(CN2CN(Cc3ccc(OC)c(OC)c3)C3C2N(Cc2ccc(OC)c(OC)c2)CN3Cc2ccc(OC)c(OC)c2)cc1OC. The molecule has 0 atom stereocenters. The summed E-state index contributed by atoms with van der Waals surface area (Å²) in [5.41, 5.74) is 4.53. The smallest absolute Gasteiger partial charge is 0.161 e. The van der Waals surface area contributed by atoms with Gasteiger partial charge in [-0.15, -0.1) is 0 Å². The van der Waals surface area contributed by atoms with Crippen LogP contribution >= 0.6 is 0 Å². The van der Waals surface area contributed by atoms with E-state index < -0.39 is 0 Å². The Balaban J connectivity index is 1.40. The summed E-state index contributed by atoms with van der Waals surface area (Å²) in [4.78, 5) is 10.2. The second-order valence-corrected chi connectivity index (χ2v) is 12.9. The molecule has 0 bridgehead atoms. The van der Waals surface area contributed by atoms with Crippen molar-refractivity contribution in [3.05, 3.63) is 95.1 Å². The number of methoxy groups -OCH3 is 8. The zero-order valence-electron chi connectivity index (χ0n) is 31.4. The highest BCUT2D eigenvalue weighted by Crippen LogP contribution is 2.40. The molecule has 0 aliphatic carbocycles. The molecule has 6 rings (SSSR count). The molecule has 4 aromatic carbocycles. The minimum atomic E-state index is 0.0430. The summed E-state index contributed by atoms with van der Waals surface area (Å²) in [5.74, 6) is 5.66. The van der Waals surface area contributed by atoms with Gasteiger partial charge < -0.3 is 37.9 Å². The van der Waals surface area contributed by atoms with Gasteiger partial charge in [0.15, 0.2) is 46.0 Å². The van der Waals surface area contributed by atoms with E-state index in [9.17, 15) is 0 Å². The topological polar surface area (TPSA) is 86.8 Å². The molecular formula is C40H50N4O8. The number of benzene rings is 4. The Labute approximate surface area is 306 Å². The third-order valence-electron chi connectivity index (χ3n) is 9.82. The lowest BCUT2D eigenvalue weighted by atomic mass is 10.1. The van der Waals surface area contributed by atoms with E-state index in [0.717, 1.165) is 35.6 Å². The van der Waals surface area contributed by atoms with Crippen LogP contribution in [0.2, 0.25) is 0 Å². The van der Waals surface area contributed by atoms with Gasteiger partial charge in [0.25, 0.3) is 0 Å². The first kappa shape index (κ1) is 36.9. The fourth-order valence-corrected chi connectivity index (χ4v) is 7.45. The average Bonchev–Trinajstić information content (AvgIpc) is 3.71. The van der Waals surface area contributed by atoms with Gasteiger partial charge >= 0.3 is 0 Å². The number of nitrogens with zero attached hydrogens (tertiary/aromatic N) is 4. The van der Waals surface area contributed by atoms with Gasteiger partial charge in [0.05, 0.1) is 82.5 Å². The van der Waals surface area contributed by atoms with Crippen molar-refractivity contribution in [3.8, 4) is 46.0 Å². The number of hydrogen-bond donors (Lipinski definition) is 0. The molecule has 0 radical (unpaired) electrons. The van der Waals surface area contributed by atoms with E-state index in [-0.39, 0.29) is 12.3 Å². The zero-order chi connectivity index (χ0) is 36.8. The molecule has 2 heterocycles. The first-order valence-electron chi connectivity index (χ1n) is 17.2. The van der Waals surface area contributed by atoms with Crippen LogP contribution < -0.4 is 37.9 Å². The Morgan fingerprint density at radius 3 is 0.750 bits per heavy atom. The second-order valence-electron chi connectivity index (χ2n) is 12.9. The number of hydrogen-bond acceptors (Lipinski definition) is 12. The molecular weight excluding hydrogens is 664 g/mol. The van der Waals surface area contributed by atoms with E-state index in [0.29, 0.717) is 72.2 Å². The van der Waals surface area contributed by atoms with Crippen molar-refractivity contribution in [2.75, 3.05) is 70.2 Å². The highest BCUT2D eigenvalue weighted by Gasteiger charge is 2.51. The van der Waals surface area contributed by atoms with Crippen molar-refractivity contribution in [1.82, 2.24) is 19.6 Å². The molecule has 0 saturated carbocycles. The standard InChI is InChI=1S/C40H50N4O8/c1-45-31-13-9-27(17-35(31)49-5)21-41-25-42(22-28-10-14-32(46-2)36(18-28)50-6)40-39(41)43(23-29-11-15-33(47-3)37(19-29)51-7)26-44(40)24-30-12-16-34(48-4)38(20-30)52-8/h9-20,39-40H,21-26H2,1-8H3. The van der Waals surface area contributed by atoms with Crippen molar-refractivity contribution in [3.63, 3.8) is 0 Å². The van der Waals surface area contributed by atoms with Gasteiger partial charge in [-0.1, -0.05) is 24.3 Å². The third-order valence-corrected chi connectivity index (χ3v) is 9.82. The second kappa shape index (κ2) is 16.6. The van der Waals surface area contributed by atoms with E-state index in [1.807, 2.05) is 24.3 Å². The highest BCUT2D eigenvalue weighted by atomic mass is 16.5. The fraction of sp³-hybridized carbons (Fsp3) is 0.400. The summed E-state index contributed by atoms with van der Waals surface area (Å²) in [5, 5.41) is 0. The van der Waals surface area contributed by atoms with Gasteiger partial charge in [-0.3, -0.25) is 19.6 Å². The Bertz CT molecular complexity index is 1560. The highest BCUT2D eigenvalue weighted by molar-refractivity contribution is 5.45. The third kappa shape index (κ3) is 7.65. The van der Waals surface area contributed by atoms with Crippen LogP contribution in [-0.4, -0.2) is 102 Å². The minimum absolute atomic E-state index is 0.0430. The molecule has 12 nitrogen and oxygen atoms in total. The van der Waals surface area contributed by atoms with Crippen LogP contribution in [0.15, 0.2) is 72.8 Å². The minimum Gasteiger partial charge on any atom is -0.493 e. The van der Waals surface area contributed by atoms with Crippen LogP contribution in [0.25, 0.3) is 0 Å². The first-order chi connectivity index (χ1) is 25.4. The molecule has 2 aliphatic heterocycles. The van der Waals surface area contributed by atoms with Crippen molar-refractivity contribution in [1.29, 1.82) is 0 Å². The molecule has 0 spiro atoms. The van der Waals surface area contributed by atoms with Gasteiger partial charge in [0.2, 0.25) is 0 Å². The van der Waals surface area contributed by atoms with Gasteiger partial charge in [0.1, 0.15) is 0 Å². The van der Waals surface area contributed by atoms with Gasteiger partial charge in [-0.2, -0.15) is 0 Å². The largest absolute Gasteiger partial charge is 0.493 e. The molecule has 4 aromatic rings. The summed E-state index contributed by atoms with van der Waals surface area (Å²) in [6.45, 7) is 4.27. The molecule has 12 heteroatoms. The summed E-state index contributed by atoms with van der Waals surface area (Å²) < 4.78 is 45.0. The Hall–Kier alpha value is -4.88. The molecule has 0 aromatic heterocycles. The van der Waals surface area contributed by atoms with Crippen molar-refractivity contribution in [2.24, 2.45) is 0 Å². The van der Waals surface area contributed by atoms with Crippen LogP contribution in [0.4, 0.5) is 0 Å². The van der Waals surface area contributed by atoms with E-state index >= 15 is 0 Å². The maximum absolute atomic E-state index is 5.69. The number of fused-ring (bicyclic) bond motifs is 1. The van der Waals surface area contributed by atoms with E-state index in [4.69, 9.17) is 37.9 Å². The molecule has 0 amide bonds. The lowest BCUT2D eigenvalue weighted by molar-refractivity contribution is 0.0696. The maximum Gasteiger partial charge on any atom is 0.161 e. The van der Waals surface area contributed by atoms with Crippen LogP contribution in [0, 0.1) is 0 Å². The normalized spacial score (nSPS) is 17.8. The number of rotatable bonds is 16. The molecule has 2 aliphatic rings. The fourth-order valence-electron chi connectivity index (χ4n) is 7.45. The van der Waals surface area contributed by atoms with Crippen LogP contribution in [0.1, 0.15) is 22.3 Å². The number of ether oxygens (including phenoxy) is 8. The maximum atomic E-state index is 5.69. The average molecular weight is 715 g/mol. The predicted octanol–water partition coefficient (Wildman–Crippen LogP) is 5.66. The van der Waals surface area contributed by atoms with Gasteiger partial charge in [-0.25, -0.2) is 0 Å². The first-order valence-corrected chi connectivity index (χ1v) is 17.2. The Kier molecular flexibility index (Phi) is 11.8. The van der Waals surface area contributed by atoms with E-state index in [1.54, 1.807) is 56.9 Å². The van der Waals surface area contributed by atoms with Crippen LogP contribution in [0.5, 0.6) is 46.0 Å². The van der Waals surface area contributed by atoms with Gasteiger partial charge in [-0.05, 0) is 70.8 Å². The molecule has 2 saturated heterocycles. The van der Waals surface area contributed by atoms with E-state index in [2.05, 4.69) is 68.1 Å². The molecule has 0 unspecified atom stereocenters. The van der Waals surface area contributed by atoms with E-state index in [1.165, 1.54) is 0 Å². The molecule has 0 N–H and O–H groups in total. The zero-order valence-corrected chi connectivity index (χ0v) is 31.4. The summed E-state index contributed by atoms with van der Waals surface area (Å²) in [7, 11) is 13.3. The van der Waals surface area contributed by atoms with Gasteiger partial charge in [0, 0.05) is 26.2 Å². The van der Waals surface area contributed by atoms with Crippen LogP contribution in [-0.2, 0) is 26.2 Å². The van der Waals surface area contributed by atoms with Crippen molar-refractivity contribution >= 4 is 0 Å². The summed E-state index contributed by atoms with van der Waals surface area (Å²) in [6.07, 6.45) is 0.0861. The lowest BCUT2D eigenvalue weighted by Gasteiger charge is -2.30. The Morgan fingerprint density at radius 1 is 0.346 bits per heavy atom. The molecule has 52 heavy (non-hydrogen) atoms. The van der Waals surface area contributed by atoms with Crippen LogP contribution in [0.3, 0.4) is 0 Å². The summed E-state index contributed by atoms with van der Waals surface area (Å²) in [6, 6.07) is 24.6. The van der Waals surface area contributed by atoms with Crippen molar-refractivity contribution in [2.45, 2.75) is 38.5 Å². The molecule has 2 fully saturated rings. The quantitative estimate of drug-likeness (QED) is 0.144. The predicted molar refractivity (Wildman–Crippen MR) is 198 cm³/mol. The molecule has 278 valence electrons. The lowest BCUT2D eigenvalue weighted by Crippen LogP contribution is -2.45. The summed E-state index contributed by atoms with van der Waals surface area (Å²) >= 11 is 0.